The molecule has 0 N–H and O–H groups in total. The van der Waals surface area contributed by atoms with Gasteiger partial charge in [-0.15, -0.1) is 0 Å². The summed E-state index contributed by atoms with van der Waals surface area (Å²) >= 11 is 0. The highest BCUT2D eigenvalue weighted by Crippen LogP contribution is 2.57. The van der Waals surface area contributed by atoms with Crippen molar-refractivity contribution in [3.63, 3.8) is 0 Å². The van der Waals surface area contributed by atoms with Crippen LogP contribution in [-0.2, 0) is 10.8 Å². The fraction of sp³-hybridized carbons (Fsp3) is 0.0833. The Balaban J connectivity index is 1.32. The van der Waals surface area contributed by atoms with Crippen LogP contribution in [-0.4, -0.2) is 0 Å². The molecule has 0 amide bonds. The zero-order chi connectivity index (χ0) is 33.0. The Morgan fingerprint density at radius 2 is 1.04 bits per heavy atom. The highest BCUT2D eigenvalue weighted by molar-refractivity contribution is 5.98. The molecule has 0 bridgehead atoms. The third-order valence-electron chi connectivity index (χ3n) is 10.5. The molecular weight excluding hydrogens is 591 g/mol. The zero-order valence-electron chi connectivity index (χ0n) is 27.7. The Hall–Kier alpha value is -6.10. The molecule has 0 radical (unpaired) electrons. The monoisotopic (exact) mass is 625 g/mol. The third-order valence-corrected chi connectivity index (χ3v) is 10.5. The minimum Gasteiger partial charge on any atom is -0.310 e. The van der Waals surface area contributed by atoms with Crippen LogP contribution in [0, 0.1) is 11.8 Å². The fourth-order valence-corrected chi connectivity index (χ4v) is 8.22. The molecule has 0 fully saturated rings. The minimum absolute atomic E-state index is 0.106. The molecule has 2 aliphatic carbocycles. The average molecular weight is 626 g/mol. The number of hydrogen-bond acceptors (Lipinski definition) is 1. The van der Waals surface area contributed by atoms with E-state index >= 15 is 0 Å². The van der Waals surface area contributed by atoms with Gasteiger partial charge in [-0.2, -0.15) is 0 Å². The van der Waals surface area contributed by atoms with Gasteiger partial charge in [-0.05, 0) is 87.0 Å². The first kappa shape index (κ1) is 29.1. The van der Waals surface area contributed by atoms with Gasteiger partial charge < -0.3 is 4.90 Å². The van der Waals surface area contributed by atoms with Gasteiger partial charge in [0.05, 0.1) is 5.69 Å². The molecule has 2 aliphatic rings. The Labute approximate surface area is 289 Å². The molecule has 1 nitrogen and oxygen atoms in total. The summed E-state index contributed by atoms with van der Waals surface area (Å²) in [4.78, 5) is 2.45. The SMILES string of the molecule is CC1(C)c2ccccc2-c2ccc(N(c3ccccc3)c3cccc4c3-c3ccccc3C4(C#Cc3ccccc3)c3ccccc3)cc21. The maximum Gasteiger partial charge on any atom is 0.108 e. The lowest BCUT2D eigenvalue weighted by atomic mass is 9.73. The van der Waals surface area contributed by atoms with Crippen molar-refractivity contribution in [1.82, 2.24) is 0 Å². The molecule has 9 rings (SSSR count). The summed E-state index contributed by atoms with van der Waals surface area (Å²) in [5, 5.41) is 0. The minimum atomic E-state index is -0.650. The van der Waals surface area contributed by atoms with E-state index in [0.29, 0.717) is 0 Å². The number of hydrogen-bond donors (Lipinski definition) is 0. The van der Waals surface area contributed by atoms with E-state index in [4.69, 9.17) is 0 Å². The maximum atomic E-state index is 3.87. The van der Waals surface area contributed by atoms with Crippen molar-refractivity contribution < 1.29 is 0 Å². The van der Waals surface area contributed by atoms with Gasteiger partial charge in [0, 0.05) is 27.9 Å². The van der Waals surface area contributed by atoms with Gasteiger partial charge in [0.1, 0.15) is 5.41 Å². The topological polar surface area (TPSA) is 3.24 Å². The standard InChI is InChI=1S/C48H35N/c1-47(2)41-25-14-12-23-38(41)39-30-29-37(33-44(39)47)49(36-21-10-5-11-22-36)45-28-16-27-43-46(45)40-24-13-15-26-42(40)48(43,35-19-8-4-9-20-35)32-31-34-17-6-3-7-18-34/h3-30,33H,1-2H3. The number of benzene rings is 7. The molecule has 0 aliphatic heterocycles. The van der Waals surface area contributed by atoms with Crippen molar-refractivity contribution in [3.8, 4) is 34.1 Å². The van der Waals surface area contributed by atoms with Crippen LogP contribution in [0.25, 0.3) is 22.3 Å². The lowest BCUT2D eigenvalue weighted by Crippen LogP contribution is -2.25. The van der Waals surface area contributed by atoms with Gasteiger partial charge in [-0.3, -0.25) is 0 Å². The van der Waals surface area contributed by atoms with Gasteiger partial charge in [-0.25, -0.2) is 0 Å². The van der Waals surface area contributed by atoms with Crippen molar-refractivity contribution in [2.45, 2.75) is 24.7 Å². The molecule has 0 spiro atoms. The Morgan fingerprint density at radius 1 is 0.449 bits per heavy atom. The van der Waals surface area contributed by atoms with Crippen molar-refractivity contribution in [1.29, 1.82) is 0 Å². The van der Waals surface area contributed by atoms with Crippen molar-refractivity contribution in [2.24, 2.45) is 0 Å². The van der Waals surface area contributed by atoms with E-state index in [9.17, 15) is 0 Å². The van der Waals surface area contributed by atoms with E-state index in [1.807, 2.05) is 6.07 Å². The van der Waals surface area contributed by atoms with Crippen molar-refractivity contribution in [3.05, 3.63) is 209 Å². The molecule has 0 saturated carbocycles. The molecule has 49 heavy (non-hydrogen) atoms. The maximum absolute atomic E-state index is 3.87. The molecule has 7 aromatic carbocycles. The highest BCUT2D eigenvalue weighted by atomic mass is 15.1. The second kappa shape index (κ2) is 11.3. The number of fused-ring (bicyclic) bond motifs is 6. The predicted octanol–water partition coefficient (Wildman–Crippen LogP) is 11.8. The molecule has 7 aromatic rings. The highest BCUT2D eigenvalue weighted by Gasteiger charge is 2.45. The summed E-state index contributed by atoms with van der Waals surface area (Å²) in [5.74, 6) is 7.47. The molecule has 232 valence electrons. The van der Waals surface area contributed by atoms with Crippen LogP contribution in [0.2, 0.25) is 0 Å². The van der Waals surface area contributed by atoms with E-state index in [-0.39, 0.29) is 5.41 Å². The van der Waals surface area contributed by atoms with Crippen molar-refractivity contribution >= 4 is 17.1 Å². The summed E-state index contributed by atoms with van der Waals surface area (Å²) in [6.45, 7) is 4.70. The van der Waals surface area contributed by atoms with Gasteiger partial charge in [0.2, 0.25) is 0 Å². The Bertz CT molecular complexity index is 2410. The Kier molecular flexibility index (Phi) is 6.68. The van der Waals surface area contributed by atoms with Crippen LogP contribution >= 0.6 is 0 Å². The van der Waals surface area contributed by atoms with E-state index in [1.54, 1.807) is 0 Å². The molecule has 1 unspecified atom stereocenters. The summed E-state index contributed by atoms with van der Waals surface area (Å²) in [6.07, 6.45) is 0. The van der Waals surface area contributed by atoms with Crippen LogP contribution in [0.3, 0.4) is 0 Å². The van der Waals surface area contributed by atoms with E-state index < -0.39 is 5.41 Å². The van der Waals surface area contributed by atoms with Crippen LogP contribution in [0.1, 0.15) is 47.2 Å². The largest absolute Gasteiger partial charge is 0.310 e. The number of nitrogens with zero attached hydrogens (tertiary/aromatic N) is 1. The number of para-hydroxylation sites is 1. The molecule has 0 aromatic heterocycles. The fourth-order valence-electron chi connectivity index (χ4n) is 8.22. The van der Waals surface area contributed by atoms with E-state index in [2.05, 4.69) is 200 Å². The summed E-state index contributed by atoms with van der Waals surface area (Å²) in [6, 6.07) is 63.5. The van der Waals surface area contributed by atoms with Crippen molar-refractivity contribution in [2.75, 3.05) is 4.90 Å². The van der Waals surface area contributed by atoms with Gasteiger partial charge >= 0.3 is 0 Å². The van der Waals surface area contributed by atoms with Gasteiger partial charge in [-0.1, -0.05) is 159 Å². The lowest BCUT2D eigenvalue weighted by molar-refractivity contribution is 0.660. The molecule has 0 saturated heterocycles. The Morgan fingerprint density at radius 3 is 1.80 bits per heavy atom. The summed E-state index contributed by atoms with van der Waals surface area (Å²) in [7, 11) is 0. The summed E-state index contributed by atoms with van der Waals surface area (Å²) in [5.41, 5.74) is 15.1. The first-order chi connectivity index (χ1) is 24.1. The van der Waals surface area contributed by atoms with Crippen LogP contribution in [0.5, 0.6) is 0 Å². The average Bonchev–Trinajstić information content (AvgIpc) is 3.58. The lowest BCUT2D eigenvalue weighted by Gasteiger charge is -2.31. The van der Waals surface area contributed by atoms with E-state index in [1.165, 1.54) is 50.1 Å². The van der Waals surface area contributed by atoms with Crippen LogP contribution < -0.4 is 4.90 Å². The molecule has 0 heterocycles. The second-order valence-electron chi connectivity index (χ2n) is 13.5. The second-order valence-corrected chi connectivity index (χ2v) is 13.5. The van der Waals surface area contributed by atoms with Crippen LogP contribution in [0.15, 0.2) is 176 Å². The third kappa shape index (κ3) is 4.42. The molecule has 1 heteroatoms. The van der Waals surface area contributed by atoms with Gasteiger partial charge in [0.25, 0.3) is 0 Å². The van der Waals surface area contributed by atoms with Gasteiger partial charge in [0.15, 0.2) is 0 Å². The number of anilines is 3. The van der Waals surface area contributed by atoms with Crippen LogP contribution in [0.4, 0.5) is 17.1 Å². The first-order valence-electron chi connectivity index (χ1n) is 17.0. The smallest absolute Gasteiger partial charge is 0.108 e. The predicted molar refractivity (Wildman–Crippen MR) is 204 cm³/mol. The normalized spacial score (nSPS) is 16.0. The number of rotatable bonds is 4. The van der Waals surface area contributed by atoms with E-state index in [0.717, 1.165) is 22.6 Å². The molecular formula is C48H35N. The zero-order valence-corrected chi connectivity index (χ0v) is 27.7. The molecule has 1 atom stereocenters. The quantitative estimate of drug-likeness (QED) is 0.176. The summed E-state index contributed by atoms with van der Waals surface area (Å²) < 4.78 is 0. The first-order valence-corrected chi connectivity index (χ1v) is 17.0.